The first kappa shape index (κ1) is 18.1. The third kappa shape index (κ3) is 5.73. The highest BCUT2D eigenvalue weighted by molar-refractivity contribution is 7.15. The number of hydrogen-bond acceptors (Lipinski definition) is 5. The van der Waals surface area contributed by atoms with Crippen molar-refractivity contribution in [2.24, 2.45) is 0 Å². The maximum absolute atomic E-state index is 11.9. The van der Waals surface area contributed by atoms with E-state index in [-0.39, 0.29) is 30.1 Å². The van der Waals surface area contributed by atoms with Crippen molar-refractivity contribution < 1.29 is 9.59 Å². The van der Waals surface area contributed by atoms with Gasteiger partial charge in [0.15, 0.2) is 0 Å². The van der Waals surface area contributed by atoms with Crippen molar-refractivity contribution in [3.63, 3.8) is 0 Å². The molecule has 0 saturated heterocycles. The van der Waals surface area contributed by atoms with Gasteiger partial charge in [-0.2, -0.15) is 0 Å². The van der Waals surface area contributed by atoms with E-state index in [1.807, 2.05) is 51.1 Å². The Morgan fingerprint density at radius 3 is 2.33 bits per heavy atom. The van der Waals surface area contributed by atoms with Gasteiger partial charge < -0.3 is 10.6 Å². The number of aromatic nitrogens is 2. The molecule has 1 aromatic heterocycles. The predicted molar refractivity (Wildman–Crippen MR) is 94.8 cm³/mol. The van der Waals surface area contributed by atoms with Gasteiger partial charge in [0.1, 0.15) is 5.01 Å². The van der Waals surface area contributed by atoms with Crippen molar-refractivity contribution in [2.45, 2.75) is 45.6 Å². The summed E-state index contributed by atoms with van der Waals surface area (Å²) in [4.78, 5) is 23.7. The summed E-state index contributed by atoms with van der Waals surface area (Å²) in [6, 6.07) is 9.64. The Kier molecular flexibility index (Phi) is 6.03. The lowest BCUT2D eigenvalue weighted by Crippen LogP contribution is -2.24. The summed E-state index contributed by atoms with van der Waals surface area (Å²) >= 11 is 1.36. The van der Waals surface area contributed by atoms with Crippen LogP contribution in [-0.2, 0) is 21.5 Å². The average molecular weight is 346 g/mol. The molecule has 6 nitrogen and oxygen atoms in total. The van der Waals surface area contributed by atoms with Crippen LogP contribution in [0.15, 0.2) is 30.3 Å². The van der Waals surface area contributed by atoms with Crippen molar-refractivity contribution >= 4 is 28.3 Å². The second-order valence-corrected chi connectivity index (χ2v) is 7.45. The Labute approximate surface area is 145 Å². The minimum absolute atomic E-state index is 0.0992. The summed E-state index contributed by atoms with van der Waals surface area (Å²) in [6.07, 6.45) is 0.259. The van der Waals surface area contributed by atoms with E-state index in [0.29, 0.717) is 11.7 Å². The highest BCUT2D eigenvalue weighted by Gasteiger charge is 2.20. The number of carbonyl (C=O) groups is 2. The largest absolute Gasteiger partial charge is 0.352 e. The van der Waals surface area contributed by atoms with Gasteiger partial charge in [-0.1, -0.05) is 62.4 Å². The summed E-state index contributed by atoms with van der Waals surface area (Å²) in [6.45, 7) is 6.58. The van der Waals surface area contributed by atoms with E-state index in [1.165, 1.54) is 11.3 Å². The molecule has 0 unspecified atom stereocenters. The van der Waals surface area contributed by atoms with E-state index >= 15 is 0 Å². The van der Waals surface area contributed by atoms with Gasteiger partial charge >= 0.3 is 0 Å². The molecule has 2 amide bonds. The van der Waals surface area contributed by atoms with Gasteiger partial charge in [-0.05, 0) is 5.56 Å². The molecule has 0 aliphatic rings. The Morgan fingerprint density at radius 1 is 1.04 bits per heavy atom. The van der Waals surface area contributed by atoms with Gasteiger partial charge in [0.05, 0.1) is 0 Å². The molecular weight excluding hydrogens is 324 g/mol. The zero-order valence-corrected chi connectivity index (χ0v) is 14.9. The van der Waals surface area contributed by atoms with Crippen LogP contribution >= 0.6 is 11.3 Å². The summed E-state index contributed by atoms with van der Waals surface area (Å²) in [5.74, 6) is -0.386. The van der Waals surface area contributed by atoms with E-state index < -0.39 is 0 Å². The molecule has 7 heteroatoms. The van der Waals surface area contributed by atoms with Crippen molar-refractivity contribution in [3.8, 4) is 0 Å². The highest BCUT2D eigenvalue weighted by atomic mass is 32.1. The maximum atomic E-state index is 11.9. The van der Waals surface area contributed by atoms with E-state index in [1.54, 1.807) is 0 Å². The Balaban J connectivity index is 1.72. The topological polar surface area (TPSA) is 84.0 Å². The maximum Gasteiger partial charge on any atom is 0.226 e. The molecule has 0 aliphatic heterocycles. The number of nitrogens with zero attached hydrogens (tertiary/aromatic N) is 2. The first-order valence-corrected chi connectivity index (χ1v) is 8.61. The minimum atomic E-state index is -0.235. The second-order valence-electron chi connectivity index (χ2n) is 6.47. The van der Waals surface area contributed by atoms with Crippen LogP contribution in [0.5, 0.6) is 0 Å². The molecule has 0 fully saturated rings. The van der Waals surface area contributed by atoms with Gasteiger partial charge in [-0.15, -0.1) is 10.2 Å². The van der Waals surface area contributed by atoms with Crippen LogP contribution in [0.4, 0.5) is 5.13 Å². The zero-order valence-electron chi connectivity index (χ0n) is 14.1. The van der Waals surface area contributed by atoms with E-state index in [0.717, 1.165) is 10.6 Å². The molecule has 0 bridgehead atoms. The molecule has 0 aliphatic carbocycles. The minimum Gasteiger partial charge on any atom is -0.352 e. The van der Waals surface area contributed by atoms with Gasteiger partial charge in [-0.3, -0.25) is 9.59 Å². The van der Waals surface area contributed by atoms with Crippen molar-refractivity contribution in [3.05, 3.63) is 40.9 Å². The number of nitrogens with one attached hydrogen (secondary N) is 2. The molecule has 1 aromatic carbocycles. The molecule has 0 saturated carbocycles. The molecular formula is C17H22N4O2S. The summed E-state index contributed by atoms with van der Waals surface area (Å²) < 4.78 is 0. The molecule has 1 heterocycles. The fourth-order valence-corrected chi connectivity index (χ4v) is 2.69. The van der Waals surface area contributed by atoms with Crippen LogP contribution in [0.1, 0.15) is 44.2 Å². The summed E-state index contributed by atoms with van der Waals surface area (Å²) in [7, 11) is 0. The lowest BCUT2D eigenvalue weighted by atomic mass is 9.98. The van der Waals surface area contributed by atoms with Crippen molar-refractivity contribution in [1.82, 2.24) is 15.5 Å². The standard InChI is InChI=1S/C17H22N4O2S/c1-17(2,3)15-20-21-16(24-15)19-14(23)10-9-13(22)18-11-12-7-5-4-6-8-12/h4-8H,9-11H2,1-3H3,(H,18,22)(H,19,21,23). The fraction of sp³-hybridized carbons (Fsp3) is 0.412. The fourth-order valence-electron chi connectivity index (χ4n) is 1.87. The van der Waals surface area contributed by atoms with Crippen molar-refractivity contribution in [2.75, 3.05) is 5.32 Å². The number of carbonyl (C=O) groups excluding carboxylic acids is 2. The van der Waals surface area contributed by atoms with Gasteiger partial charge in [0.2, 0.25) is 16.9 Å². The van der Waals surface area contributed by atoms with Gasteiger partial charge in [-0.25, -0.2) is 0 Å². The number of rotatable bonds is 6. The molecule has 0 radical (unpaired) electrons. The Hall–Kier alpha value is -2.28. The van der Waals surface area contributed by atoms with Crippen molar-refractivity contribution in [1.29, 1.82) is 0 Å². The average Bonchev–Trinajstić information content (AvgIpc) is 3.00. The van der Waals surface area contributed by atoms with Crippen LogP contribution in [0.2, 0.25) is 0 Å². The van der Waals surface area contributed by atoms with E-state index in [2.05, 4.69) is 20.8 Å². The van der Waals surface area contributed by atoms with Crippen LogP contribution in [-0.4, -0.2) is 22.0 Å². The predicted octanol–water partition coefficient (Wildman–Crippen LogP) is 2.87. The Morgan fingerprint density at radius 2 is 1.71 bits per heavy atom. The molecule has 2 aromatic rings. The molecule has 0 spiro atoms. The normalized spacial score (nSPS) is 11.1. The number of benzene rings is 1. The summed E-state index contributed by atoms with van der Waals surface area (Å²) in [5.41, 5.74) is 0.927. The molecule has 2 rings (SSSR count). The number of amides is 2. The zero-order chi connectivity index (χ0) is 17.6. The molecule has 2 N–H and O–H groups in total. The third-order valence-corrected chi connectivity index (χ3v) is 4.49. The number of hydrogen-bond donors (Lipinski definition) is 2. The van der Waals surface area contributed by atoms with Crippen LogP contribution in [0.25, 0.3) is 0 Å². The molecule has 128 valence electrons. The van der Waals surface area contributed by atoms with E-state index in [4.69, 9.17) is 0 Å². The lowest BCUT2D eigenvalue weighted by molar-refractivity contribution is -0.124. The summed E-state index contributed by atoms with van der Waals surface area (Å²) in [5, 5.41) is 14.8. The van der Waals surface area contributed by atoms with Gasteiger partial charge in [0, 0.05) is 24.8 Å². The lowest BCUT2D eigenvalue weighted by Gasteiger charge is -2.12. The first-order chi connectivity index (χ1) is 11.3. The molecule has 0 atom stereocenters. The monoisotopic (exact) mass is 346 g/mol. The Bertz CT molecular complexity index is 692. The first-order valence-electron chi connectivity index (χ1n) is 7.79. The smallest absolute Gasteiger partial charge is 0.226 e. The highest BCUT2D eigenvalue weighted by Crippen LogP contribution is 2.27. The quantitative estimate of drug-likeness (QED) is 0.842. The van der Waals surface area contributed by atoms with Crippen LogP contribution in [0.3, 0.4) is 0 Å². The third-order valence-electron chi connectivity index (χ3n) is 3.22. The van der Waals surface area contributed by atoms with E-state index in [9.17, 15) is 9.59 Å². The molecule has 24 heavy (non-hydrogen) atoms. The second kappa shape index (κ2) is 8.01. The van der Waals surface area contributed by atoms with Crippen LogP contribution in [0, 0.1) is 0 Å². The number of anilines is 1. The van der Waals surface area contributed by atoms with Gasteiger partial charge in [0.25, 0.3) is 0 Å². The van der Waals surface area contributed by atoms with Crippen LogP contribution < -0.4 is 10.6 Å². The SMILES string of the molecule is CC(C)(C)c1nnc(NC(=O)CCC(=O)NCc2ccccc2)s1.